The van der Waals surface area contributed by atoms with Crippen molar-refractivity contribution < 1.29 is 14.5 Å². The van der Waals surface area contributed by atoms with Crippen LogP contribution < -0.4 is 9.64 Å². The summed E-state index contributed by atoms with van der Waals surface area (Å²) >= 11 is 6.55. The van der Waals surface area contributed by atoms with E-state index >= 15 is 0 Å². The van der Waals surface area contributed by atoms with E-state index in [1.807, 2.05) is 32.0 Å². The molecule has 1 fully saturated rings. The average molecular weight is 400 g/mol. The Bertz CT molecular complexity index is 1000. The molecule has 2 aromatic carbocycles. The first-order valence-corrected chi connectivity index (χ1v) is 9.22. The van der Waals surface area contributed by atoms with Gasteiger partial charge < -0.3 is 4.74 Å². The predicted octanol–water partition coefficient (Wildman–Crippen LogP) is 4.63. The number of methoxy groups -OCH3 is 1. The lowest BCUT2D eigenvalue weighted by atomic mass is 10.1. The number of nitro groups is 1. The molecule has 1 heterocycles. The van der Waals surface area contributed by atoms with Gasteiger partial charge in [-0.15, -0.1) is 0 Å². The van der Waals surface area contributed by atoms with Crippen molar-refractivity contribution in [3.8, 4) is 5.75 Å². The summed E-state index contributed by atoms with van der Waals surface area (Å²) in [7, 11) is 1.37. The molecule has 0 aliphatic carbocycles. The lowest BCUT2D eigenvalue weighted by molar-refractivity contribution is -0.385. The molecule has 0 N–H and O–H groups in total. The third-order valence-corrected chi connectivity index (χ3v) is 5.54. The number of carbonyl (C=O) groups excluding carboxylic acids is 1. The van der Waals surface area contributed by atoms with E-state index in [0.717, 1.165) is 11.1 Å². The summed E-state index contributed by atoms with van der Waals surface area (Å²) in [6, 6.07) is 10.3. The minimum absolute atomic E-state index is 0.157. The van der Waals surface area contributed by atoms with Crippen molar-refractivity contribution in [3.05, 3.63) is 68.1 Å². The second kappa shape index (κ2) is 7.50. The average Bonchev–Trinajstić information content (AvgIpc) is 2.91. The number of thioether (sulfide) groups is 1. The molecule has 1 aliphatic rings. The normalized spacial score (nSPS) is 15.5. The van der Waals surface area contributed by atoms with Gasteiger partial charge in [0, 0.05) is 6.07 Å². The first-order valence-electron chi connectivity index (χ1n) is 7.99. The molecular formula is C19H16N2O4S2. The smallest absolute Gasteiger partial charge is 0.311 e. The number of amides is 1. The third-order valence-electron chi connectivity index (χ3n) is 4.24. The van der Waals surface area contributed by atoms with Crippen LogP contribution in [0.2, 0.25) is 0 Å². The Balaban J connectivity index is 1.96. The maximum atomic E-state index is 12.8. The molecule has 138 valence electrons. The Hall–Kier alpha value is -2.71. The van der Waals surface area contributed by atoms with E-state index in [9.17, 15) is 14.9 Å². The van der Waals surface area contributed by atoms with Gasteiger partial charge in [-0.2, -0.15) is 0 Å². The van der Waals surface area contributed by atoms with Crippen LogP contribution in [0.4, 0.5) is 11.4 Å². The Morgan fingerprint density at radius 2 is 1.93 bits per heavy atom. The zero-order valence-corrected chi connectivity index (χ0v) is 16.5. The van der Waals surface area contributed by atoms with E-state index in [0.29, 0.717) is 20.5 Å². The summed E-state index contributed by atoms with van der Waals surface area (Å²) in [5.74, 6) is -0.0773. The van der Waals surface area contributed by atoms with Crippen molar-refractivity contribution >= 4 is 51.7 Å². The van der Waals surface area contributed by atoms with Gasteiger partial charge in [-0.25, -0.2) is 0 Å². The molecule has 1 saturated heterocycles. The van der Waals surface area contributed by atoms with Crippen LogP contribution in [0.25, 0.3) is 6.08 Å². The molecule has 0 atom stereocenters. The highest BCUT2D eigenvalue weighted by Gasteiger charge is 2.33. The fourth-order valence-electron chi connectivity index (χ4n) is 2.65. The fraction of sp³-hybridized carbons (Fsp3) is 0.158. The number of ether oxygens (including phenoxy) is 1. The number of hydrogen-bond acceptors (Lipinski definition) is 6. The van der Waals surface area contributed by atoms with Gasteiger partial charge in [0.05, 0.1) is 22.6 Å². The summed E-state index contributed by atoms with van der Waals surface area (Å²) in [5, 5.41) is 11.2. The fourth-order valence-corrected chi connectivity index (χ4v) is 3.94. The molecule has 27 heavy (non-hydrogen) atoms. The van der Waals surface area contributed by atoms with Crippen LogP contribution in [-0.4, -0.2) is 22.3 Å². The van der Waals surface area contributed by atoms with Crippen molar-refractivity contribution in [2.24, 2.45) is 0 Å². The zero-order chi connectivity index (χ0) is 19.7. The number of nitrogens with zero attached hydrogens (tertiary/aromatic N) is 2. The molecule has 1 amide bonds. The first-order chi connectivity index (χ1) is 12.8. The Morgan fingerprint density at radius 3 is 2.56 bits per heavy atom. The van der Waals surface area contributed by atoms with E-state index in [4.69, 9.17) is 17.0 Å². The summed E-state index contributed by atoms with van der Waals surface area (Å²) in [4.78, 5) is 25.4. The number of thiocarbonyl (C=S) groups is 1. The molecule has 0 radical (unpaired) electrons. The van der Waals surface area contributed by atoms with Gasteiger partial charge >= 0.3 is 5.69 Å². The van der Waals surface area contributed by atoms with Gasteiger partial charge in [-0.05, 0) is 54.8 Å². The van der Waals surface area contributed by atoms with Crippen LogP contribution in [0.15, 0.2) is 41.3 Å². The van der Waals surface area contributed by atoms with Crippen LogP contribution in [0.1, 0.15) is 16.7 Å². The minimum Gasteiger partial charge on any atom is -0.490 e. The van der Waals surface area contributed by atoms with Crippen LogP contribution in [0.3, 0.4) is 0 Å². The monoisotopic (exact) mass is 400 g/mol. The SMILES string of the molecule is COc1ccc(C=C2SC(=S)N(c3ccc(C)c(C)c3)C2=O)cc1[N+](=O)[O-]. The third kappa shape index (κ3) is 3.72. The summed E-state index contributed by atoms with van der Waals surface area (Å²) < 4.78 is 5.43. The number of rotatable bonds is 4. The van der Waals surface area contributed by atoms with Gasteiger partial charge in [-0.1, -0.05) is 36.1 Å². The van der Waals surface area contributed by atoms with Gasteiger partial charge in [0.15, 0.2) is 10.1 Å². The quantitative estimate of drug-likeness (QED) is 0.323. The van der Waals surface area contributed by atoms with Crippen LogP contribution >= 0.6 is 24.0 Å². The Kier molecular flexibility index (Phi) is 5.29. The maximum Gasteiger partial charge on any atom is 0.311 e. The second-order valence-corrected chi connectivity index (χ2v) is 7.65. The van der Waals surface area contributed by atoms with Crippen LogP contribution in [-0.2, 0) is 4.79 Å². The molecule has 1 aliphatic heterocycles. The summed E-state index contributed by atoms with van der Waals surface area (Å²) in [6.45, 7) is 3.97. The Labute approximate surface area is 166 Å². The van der Waals surface area contributed by atoms with Gasteiger partial charge in [0.1, 0.15) is 0 Å². The van der Waals surface area contributed by atoms with E-state index in [2.05, 4.69) is 0 Å². The molecule has 3 rings (SSSR count). The van der Waals surface area contributed by atoms with Gasteiger partial charge in [-0.3, -0.25) is 19.8 Å². The maximum absolute atomic E-state index is 12.8. The van der Waals surface area contributed by atoms with Crippen LogP contribution in [0, 0.1) is 24.0 Å². The molecule has 0 spiro atoms. The number of carbonyl (C=O) groups is 1. The number of aryl methyl sites for hydroxylation is 2. The van der Waals surface area contributed by atoms with Crippen LogP contribution in [0.5, 0.6) is 5.75 Å². The van der Waals surface area contributed by atoms with E-state index in [1.54, 1.807) is 12.1 Å². The lowest BCUT2D eigenvalue weighted by Crippen LogP contribution is -2.27. The van der Waals surface area contributed by atoms with Crippen molar-refractivity contribution in [1.29, 1.82) is 0 Å². The summed E-state index contributed by atoms with van der Waals surface area (Å²) in [5.41, 5.74) is 3.28. The predicted molar refractivity (Wildman–Crippen MR) is 111 cm³/mol. The highest BCUT2D eigenvalue weighted by atomic mass is 32.2. The van der Waals surface area contributed by atoms with Crippen molar-refractivity contribution in [2.45, 2.75) is 13.8 Å². The molecule has 0 saturated carbocycles. The standard InChI is InChI=1S/C19H16N2O4S2/c1-11-4-6-14(8-12(11)2)20-18(22)17(27-19(20)26)10-13-5-7-16(25-3)15(9-13)21(23)24/h4-10H,1-3H3. The number of hydrogen-bond donors (Lipinski definition) is 0. The van der Waals surface area contributed by atoms with Gasteiger partial charge in [0.25, 0.3) is 5.91 Å². The van der Waals surface area contributed by atoms with Crippen molar-refractivity contribution in [2.75, 3.05) is 12.0 Å². The highest BCUT2D eigenvalue weighted by molar-refractivity contribution is 8.27. The molecule has 6 nitrogen and oxygen atoms in total. The molecule has 0 unspecified atom stereocenters. The molecule has 8 heteroatoms. The van der Waals surface area contributed by atoms with Crippen molar-refractivity contribution in [1.82, 2.24) is 0 Å². The lowest BCUT2D eigenvalue weighted by Gasteiger charge is -2.15. The largest absolute Gasteiger partial charge is 0.490 e. The summed E-state index contributed by atoms with van der Waals surface area (Å²) in [6.07, 6.45) is 1.60. The number of nitro benzene ring substituents is 1. The zero-order valence-electron chi connectivity index (χ0n) is 14.9. The number of benzene rings is 2. The molecule has 0 aromatic heterocycles. The number of anilines is 1. The highest BCUT2D eigenvalue weighted by Crippen LogP contribution is 2.37. The first kappa shape index (κ1) is 19.1. The van der Waals surface area contributed by atoms with Crippen molar-refractivity contribution in [3.63, 3.8) is 0 Å². The van der Waals surface area contributed by atoms with Gasteiger partial charge in [0.2, 0.25) is 0 Å². The van der Waals surface area contributed by atoms with E-state index in [1.165, 1.54) is 35.9 Å². The minimum atomic E-state index is -0.517. The second-order valence-electron chi connectivity index (χ2n) is 5.97. The van der Waals surface area contributed by atoms with E-state index in [-0.39, 0.29) is 17.3 Å². The van der Waals surface area contributed by atoms with E-state index < -0.39 is 4.92 Å². The Morgan fingerprint density at radius 1 is 1.19 bits per heavy atom. The molecular weight excluding hydrogens is 384 g/mol. The molecule has 2 aromatic rings. The topological polar surface area (TPSA) is 72.7 Å². The molecule has 0 bridgehead atoms.